The van der Waals surface area contributed by atoms with Gasteiger partial charge in [-0.05, 0) is 48.5 Å². The molecule has 0 amide bonds. The third kappa shape index (κ3) is 3.93. The van der Waals surface area contributed by atoms with Crippen LogP contribution in [0.4, 0.5) is 11.6 Å². The first-order chi connectivity index (χ1) is 15.6. The predicted octanol–water partition coefficient (Wildman–Crippen LogP) is 6.19. The second-order valence-electron chi connectivity index (χ2n) is 7.12. The molecular formula is C24H16ClN5O2. The van der Waals surface area contributed by atoms with E-state index in [-0.39, 0.29) is 11.7 Å². The number of para-hydroxylation sites is 1. The molecule has 3 aromatic carbocycles. The van der Waals surface area contributed by atoms with Crippen molar-refractivity contribution in [1.82, 2.24) is 9.97 Å². The Bertz CT molecular complexity index is 1360. The van der Waals surface area contributed by atoms with Crippen molar-refractivity contribution >= 4 is 29.0 Å². The molecule has 0 bridgehead atoms. The number of aromatic nitrogens is 2. The fraction of sp³-hybridized carbons (Fsp3) is 0.0417. The van der Waals surface area contributed by atoms with Crippen molar-refractivity contribution in [2.45, 2.75) is 6.04 Å². The molecule has 1 aromatic heterocycles. The zero-order valence-electron chi connectivity index (χ0n) is 16.6. The molecule has 1 unspecified atom stereocenters. The number of azo groups is 1. The molecule has 2 N–H and O–H groups in total. The van der Waals surface area contributed by atoms with Crippen molar-refractivity contribution in [2.24, 2.45) is 10.2 Å². The van der Waals surface area contributed by atoms with Crippen molar-refractivity contribution in [3.8, 4) is 22.8 Å². The maximum absolute atomic E-state index is 13.1. The van der Waals surface area contributed by atoms with E-state index < -0.39 is 6.04 Å². The number of ether oxygens (including phenoxy) is 1. The van der Waals surface area contributed by atoms with Crippen LogP contribution in [0, 0.1) is 0 Å². The number of nitrogens with two attached hydrogens (primary N) is 1. The lowest BCUT2D eigenvalue weighted by atomic mass is 9.98. The van der Waals surface area contributed by atoms with Gasteiger partial charge in [0.15, 0.2) is 11.8 Å². The SMILES string of the molecule is Nc1nc(-c2cccc(Oc3ccccc3)c2)cc(C2N=Nc3ccc(Cl)cc3C2=O)n1. The maximum Gasteiger partial charge on any atom is 0.220 e. The summed E-state index contributed by atoms with van der Waals surface area (Å²) >= 11 is 6.06. The van der Waals surface area contributed by atoms with E-state index in [1.165, 1.54) is 0 Å². The molecule has 1 aliphatic heterocycles. The molecule has 2 heterocycles. The maximum atomic E-state index is 13.1. The number of carbonyl (C=O) groups excluding carboxylic acids is 1. The lowest BCUT2D eigenvalue weighted by molar-refractivity contribution is 0.0954. The van der Waals surface area contributed by atoms with Crippen molar-refractivity contribution in [1.29, 1.82) is 0 Å². The number of nitrogens with zero attached hydrogens (tertiary/aromatic N) is 4. The van der Waals surface area contributed by atoms with Gasteiger partial charge in [0.2, 0.25) is 5.95 Å². The van der Waals surface area contributed by atoms with Gasteiger partial charge in [0.25, 0.3) is 0 Å². The van der Waals surface area contributed by atoms with Crippen molar-refractivity contribution in [2.75, 3.05) is 5.73 Å². The highest BCUT2D eigenvalue weighted by Gasteiger charge is 2.30. The van der Waals surface area contributed by atoms with Crippen LogP contribution in [0.2, 0.25) is 5.02 Å². The molecule has 0 saturated carbocycles. The third-order valence-electron chi connectivity index (χ3n) is 4.91. The third-order valence-corrected chi connectivity index (χ3v) is 5.14. The summed E-state index contributed by atoms with van der Waals surface area (Å²) in [6, 6.07) is 22.6. The Kier molecular flexibility index (Phi) is 5.09. The molecule has 1 atom stereocenters. The van der Waals surface area contributed by atoms with E-state index in [0.717, 1.165) is 11.3 Å². The van der Waals surface area contributed by atoms with Crippen LogP contribution in [0.1, 0.15) is 22.1 Å². The van der Waals surface area contributed by atoms with Crippen LogP contribution in [-0.4, -0.2) is 15.8 Å². The number of ketones is 1. The summed E-state index contributed by atoms with van der Waals surface area (Å²) in [5.74, 6) is 1.15. The number of carbonyl (C=O) groups is 1. The minimum absolute atomic E-state index is 0.0340. The van der Waals surface area contributed by atoms with Crippen molar-refractivity contribution < 1.29 is 9.53 Å². The Morgan fingerprint density at radius 2 is 1.69 bits per heavy atom. The van der Waals surface area contributed by atoms with Gasteiger partial charge < -0.3 is 10.5 Å². The highest BCUT2D eigenvalue weighted by Crippen LogP contribution is 2.36. The lowest BCUT2D eigenvalue weighted by Gasteiger charge is -2.17. The van der Waals surface area contributed by atoms with Gasteiger partial charge in [0.1, 0.15) is 11.5 Å². The Morgan fingerprint density at radius 1 is 0.875 bits per heavy atom. The lowest BCUT2D eigenvalue weighted by Crippen LogP contribution is -2.16. The first kappa shape index (κ1) is 19.8. The summed E-state index contributed by atoms with van der Waals surface area (Å²) in [6.45, 7) is 0. The average Bonchev–Trinajstić information content (AvgIpc) is 2.80. The Hall–Kier alpha value is -4.10. The molecule has 0 spiro atoms. The number of rotatable bonds is 4. The van der Waals surface area contributed by atoms with E-state index >= 15 is 0 Å². The number of Topliss-reactive ketones (excluding diaryl/α,β-unsaturated/α-hetero) is 1. The summed E-state index contributed by atoms with van der Waals surface area (Å²) < 4.78 is 5.91. The van der Waals surface area contributed by atoms with Crippen LogP contribution in [-0.2, 0) is 0 Å². The van der Waals surface area contributed by atoms with Gasteiger partial charge in [-0.25, -0.2) is 9.97 Å². The number of halogens is 1. The first-order valence-corrected chi connectivity index (χ1v) is 10.2. The Balaban J connectivity index is 1.49. The fourth-order valence-corrected chi connectivity index (χ4v) is 3.59. The van der Waals surface area contributed by atoms with Crippen molar-refractivity contribution in [3.05, 3.63) is 95.1 Å². The molecular weight excluding hydrogens is 426 g/mol. The van der Waals surface area contributed by atoms with Gasteiger partial charge >= 0.3 is 0 Å². The molecule has 5 rings (SSSR count). The summed E-state index contributed by atoms with van der Waals surface area (Å²) in [5.41, 5.74) is 8.52. The van der Waals surface area contributed by atoms with E-state index in [2.05, 4.69) is 20.2 Å². The average molecular weight is 442 g/mol. The second-order valence-corrected chi connectivity index (χ2v) is 7.56. The predicted molar refractivity (Wildman–Crippen MR) is 121 cm³/mol. The number of anilines is 1. The van der Waals surface area contributed by atoms with Gasteiger partial charge in [-0.2, -0.15) is 10.2 Å². The molecule has 1 aliphatic rings. The van der Waals surface area contributed by atoms with Crippen LogP contribution >= 0.6 is 11.6 Å². The number of hydrogen-bond donors (Lipinski definition) is 1. The minimum Gasteiger partial charge on any atom is -0.457 e. The first-order valence-electron chi connectivity index (χ1n) is 9.79. The normalized spacial score (nSPS) is 14.8. The van der Waals surface area contributed by atoms with Crippen LogP contribution in [0.3, 0.4) is 0 Å². The Morgan fingerprint density at radius 3 is 2.53 bits per heavy atom. The second kappa shape index (κ2) is 8.20. The van der Waals surface area contributed by atoms with Gasteiger partial charge in [0, 0.05) is 16.1 Å². The van der Waals surface area contributed by atoms with E-state index in [0.29, 0.717) is 33.4 Å². The fourth-order valence-electron chi connectivity index (χ4n) is 3.42. The molecule has 8 heteroatoms. The van der Waals surface area contributed by atoms with Crippen molar-refractivity contribution in [3.63, 3.8) is 0 Å². The highest BCUT2D eigenvalue weighted by molar-refractivity contribution is 6.31. The molecule has 32 heavy (non-hydrogen) atoms. The van der Waals surface area contributed by atoms with Crippen LogP contribution in [0.5, 0.6) is 11.5 Å². The molecule has 0 radical (unpaired) electrons. The number of nitrogen functional groups attached to an aromatic ring is 1. The topological polar surface area (TPSA) is 103 Å². The van der Waals surface area contributed by atoms with Crippen LogP contribution in [0.25, 0.3) is 11.3 Å². The zero-order chi connectivity index (χ0) is 22.1. The molecule has 0 saturated heterocycles. The molecule has 0 aliphatic carbocycles. The molecule has 4 aromatic rings. The molecule has 0 fully saturated rings. The van der Waals surface area contributed by atoms with E-state index in [9.17, 15) is 4.79 Å². The van der Waals surface area contributed by atoms with Gasteiger partial charge in [0.05, 0.1) is 17.1 Å². The summed E-state index contributed by atoms with van der Waals surface area (Å²) in [5, 5.41) is 8.77. The van der Waals surface area contributed by atoms with E-state index in [1.807, 2.05) is 54.6 Å². The summed E-state index contributed by atoms with van der Waals surface area (Å²) in [7, 11) is 0. The largest absolute Gasteiger partial charge is 0.457 e. The van der Waals surface area contributed by atoms with Gasteiger partial charge in [-0.1, -0.05) is 41.9 Å². The molecule has 156 valence electrons. The zero-order valence-corrected chi connectivity index (χ0v) is 17.4. The van der Waals surface area contributed by atoms with Gasteiger partial charge in [-0.15, -0.1) is 0 Å². The monoisotopic (exact) mass is 441 g/mol. The summed E-state index contributed by atoms with van der Waals surface area (Å²) in [4.78, 5) is 21.6. The standard InChI is InChI=1S/C24H16ClN5O2/c25-15-9-10-19-18(12-15)23(31)22(30-29-19)21-13-20(27-24(26)28-21)14-5-4-8-17(11-14)32-16-6-2-1-3-7-16/h1-13,22H,(H2,26,27,28). The highest BCUT2D eigenvalue weighted by atomic mass is 35.5. The number of fused-ring (bicyclic) bond motifs is 1. The van der Waals surface area contributed by atoms with Gasteiger partial charge in [-0.3, -0.25) is 4.79 Å². The molecule has 7 nitrogen and oxygen atoms in total. The smallest absolute Gasteiger partial charge is 0.220 e. The number of benzene rings is 3. The minimum atomic E-state index is -0.922. The quantitative estimate of drug-likeness (QED) is 0.406. The number of hydrogen-bond acceptors (Lipinski definition) is 7. The Labute approximate surface area is 188 Å². The van der Waals surface area contributed by atoms with Crippen LogP contribution < -0.4 is 10.5 Å². The van der Waals surface area contributed by atoms with E-state index in [1.54, 1.807) is 24.3 Å². The van der Waals surface area contributed by atoms with E-state index in [4.69, 9.17) is 22.1 Å². The summed E-state index contributed by atoms with van der Waals surface area (Å²) in [6.07, 6.45) is 0. The van der Waals surface area contributed by atoms with Crippen LogP contribution in [0.15, 0.2) is 89.1 Å².